The van der Waals surface area contributed by atoms with Crippen molar-refractivity contribution in [2.24, 2.45) is 0 Å². The van der Waals surface area contributed by atoms with Crippen LogP contribution in [-0.4, -0.2) is 0 Å². The SMILES string of the molecule is N#Cc1c(Br)cccc1Nc1ccc(Br)cc1Cl. The minimum Gasteiger partial charge on any atom is -0.353 e. The molecule has 2 rings (SSSR count). The monoisotopic (exact) mass is 384 g/mol. The molecule has 0 heterocycles. The number of nitriles is 1. The Bertz CT molecular complexity index is 635. The molecule has 18 heavy (non-hydrogen) atoms. The fourth-order valence-electron chi connectivity index (χ4n) is 1.48. The molecule has 0 spiro atoms. The van der Waals surface area contributed by atoms with Gasteiger partial charge in [0.05, 0.1) is 22.0 Å². The van der Waals surface area contributed by atoms with Gasteiger partial charge < -0.3 is 5.32 Å². The molecule has 0 bridgehead atoms. The zero-order valence-corrected chi connectivity index (χ0v) is 13.0. The Morgan fingerprint density at radius 2 is 1.89 bits per heavy atom. The van der Waals surface area contributed by atoms with Crippen LogP contribution in [0.2, 0.25) is 5.02 Å². The number of rotatable bonds is 2. The van der Waals surface area contributed by atoms with Gasteiger partial charge in [-0.05, 0) is 46.3 Å². The van der Waals surface area contributed by atoms with Gasteiger partial charge in [-0.3, -0.25) is 0 Å². The van der Waals surface area contributed by atoms with E-state index in [0.29, 0.717) is 10.6 Å². The number of halogens is 3. The summed E-state index contributed by atoms with van der Waals surface area (Å²) in [4.78, 5) is 0. The molecule has 0 unspecified atom stereocenters. The van der Waals surface area contributed by atoms with E-state index in [-0.39, 0.29) is 0 Å². The molecule has 2 aromatic rings. The van der Waals surface area contributed by atoms with Crippen LogP contribution in [0.15, 0.2) is 45.3 Å². The third-order valence-corrected chi connectivity index (χ3v) is 3.79. The minimum absolute atomic E-state index is 0.552. The average molecular weight is 386 g/mol. The van der Waals surface area contributed by atoms with Crippen molar-refractivity contribution in [1.29, 1.82) is 5.26 Å². The molecule has 0 aliphatic heterocycles. The lowest BCUT2D eigenvalue weighted by atomic mass is 10.2. The van der Waals surface area contributed by atoms with Crippen molar-refractivity contribution in [3.05, 3.63) is 55.9 Å². The maximum absolute atomic E-state index is 9.13. The van der Waals surface area contributed by atoms with Gasteiger partial charge in [0.25, 0.3) is 0 Å². The van der Waals surface area contributed by atoms with Crippen molar-refractivity contribution in [2.75, 3.05) is 5.32 Å². The summed E-state index contributed by atoms with van der Waals surface area (Å²) >= 11 is 12.8. The van der Waals surface area contributed by atoms with Crippen LogP contribution in [-0.2, 0) is 0 Å². The summed E-state index contributed by atoms with van der Waals surface area (Å²) in [6.07, 6.45) is 0. The van der Waals surface area contributed by atoms with Crippen LogP contribution in [0.3, 0.4) is 0 Å². The Hall–Kier alpha value is -1.02. The summed E-state index contributed by atoms with van der Waals surface area (Å²) in [5.41, 5.74) is 2.03. The van der Waals surface area contributed by atoms with Crippen LogP contribution in [0.25, 0.3) is 0 Å². The Kier molecular flexibility index (Phi) is 4.28. The summed E-state index contributed by atoms with van der Waals surface area (Å²) in [6, 6.07) is 13.2. The molecule has 5 heteroatoms. The van der Waals surface area contributed by atoms with E-state index in [1.54, 1.807) is 6.07 Å². The maximum Gasteiger partial charge on any atom is 0.103 e. The highest BCUT2D eigenvalue weighted by molar-refractivity contribution is 9.10. The Balaban J connectivity index is 2.41. The molecule has 1 N–H and O–H groups in total. The third kappa shape index (κ3) is 2.86. The van der Waals surface area contributed by atoms with E-state index in [4.69, 9.17) is 16.9 Å². The Labute approximate surface area is 127 Å². The summed E-state index contributed by atoms with van der Waals surface area (Å²) in [6.45, 7) is 0. The Morgan fingerprint density at radius 3 is 2.56 bits per heavy atom. The number of hydrogen-bond donors (Lipinski definition) is 1. The summed E-state index contributed by atoms with van der Waals surface area (Å²) in [5, 5.41) is 12.9. The van der Waals surface area contributed by atoms with Crippen molar-refractivity contribution in [3.63, 3.8) is 0 Å². The molecule has 0 aromatic heterocycles. The van der Waals surface area contributed by atoms with E-state index in [9.17, 15) is 0 Å². The minimum atomic E-state index is 0.552. The van der Waals surface area contributed by atoms with Crippen LogP contribution in [0, 0.1) is 11.3 Å². The lowest BCUT2D eigenvalue weighted by molar-refractivity contribution is 1.44. The molecular formula is C13H7Br2ClN2. The molecule has 0 radical (unpaired) electrons. The molecule has 0 fully saturated rings. The normalized spacial score (nSPS) is 9.89. The predicted octanol–water partition coefficient (Wildman–Crippen LogP) is 5.48. The van der Waals surface area contributed by atoms with Crippen molar-refractivity contribution in [2.45, 2.75) is 0 Å². The number of benzene rings is 2. The predicted molar refractivity (Wildman–Crippen MR) is 81.3 cm³/mol. The third-order valence-electron chi connectivity index (χ3n) is 2.33. The van der Waals surface area contributed by atoms with E-state index in [2.05, 4.69) is 43.2 Å². The van der Waals surface area contributed by atoms with E-state index in [1.165, 1.54) is 0 Å². The summed E-state index contributed by atoms with van der Waals surface area (Å²) in [5.74, 6) is 0. The molecule has 90 valence electrons. The van der Waals surface area contributed by atoms with E-state index >= 15 is 0 Å². The average Bonchev–Trinajstić information content (AvgIpc) is 2.33. The van der Waals surface area contributed by atoms with Gasteiger partial charge in [-0.2, -0.15) is 5.26 Å². The molecule has 0 aliphatic rings. The fourth-order valence-corrected chi connectivity index (χ4v) is 2.65. The molecule has 0 amide bonds. The van der Waals surface area contributed by atoms with Crippen molar-refractivity contribution in [1.82, 2.24) is 0 Å². The topological polar surface area (TPSA) is 35.8 Å². The molecule has 0 saturated carbocycles. The van der Waals surface area contributed by atoms with Gasteiger partial charge in [0.2, 0.25) is 0 Å². The van der Waals surface area contributed by atoms with E-state index in [1.807, 2.05) is 30.3 Å². The van der Waals surface area contributed by atoms with Gasteiger partial charge in [0.1, 0.15) is 6.07 Å². The van der Waals surface area contributed by atoms with Crippen LogP contribution in [0.4, 0.5) is 11.4 Å². The van der Waals surface area contributed by atoms with Crippen LogP contribution in [0.5, 0.6) is 0 Å². The highest BCUT2D eigenvalue weighted by Gasteiger charge is 2.08. The van der Waals surface area contributed by atoms with E-state index in [0.717, 1.165) is 20.3 Å². The van der Waals surface area contributed by atoms with Crippen molar-refractivity contribution >= 4 is 54.8 Å². The molecular weight excluding hydrogens is 379 g/mol. The standard InChI is InChI=1S/C13H7Br2ClN2/c14-8-4-5-13(11(16)6-8)18-12-3-1-2-10(15)9(12)7-17/h1-6,18H. The van der Waals surface area contributed by atoms with Gasteiger partial charge in [0.15, 0.2) is 0 Å². The fraction of sp³-hybridized carbons (Fsp3) is 0. The molecule has 0 atom stereocenters. The lowest BCUT2D eigenvalue weighted by Gasteiger charge is -2.11. The van der Waals surface area contributed by atoms with Crippen LogP contribution < -0.4 is 5.32 Å². The lowest BCUT2D eigenvalue weighted by Crippen LogP contribution is -1.95. The second-order valence-electron chi connectivity index (χ2n) is 3.52. The number of nitrogens with zero attached hydrogens (tertiary/aromatic N) is 1. The summed E-state index contributed by atoms with van der Waals surface area (Å²) in [7, 11) is 0. The maximum atomic E-state index is 9.13. The molecule has 0 saturated heterocycles. The first-order chi connectivity index (χ1) is 8.61. The largest absolute Gasteiger partial charge is 0.353 e. The quantitative estimate of drug-likeness (QED) is 0.742. The first-order valence-electron chi connectivity index (χ1n) is 5.02. The van der Waals surface area contributed by atoms with Gasteiger partial charge in [-0.1, -0.05) is 33.6 Å². The van der Waals surface area contributed by atoms with Crippen LogP contribution in [0.1, 0.15) is 5.56 Å². The second-order valence-corrected chi connectivity index (χ2v) is 5.70. The van der Waals surface area contributed by atoms with E-state index < -0.39 is 0 Å². The number of nitrogens with one attached hydrogen (secondary N) is 1. The zero-order valence-electron chi connectivity index (χ0n) is 9.05. The number of anilines is 2. The molecule has 0 aliphatic carbocycles. The van der Waals surface area contributed by atoms with Crippen molar-refractivity contribution in [3.8, 4) is 6.07 Å². The first-order valence-corrected chi connectivity index (χ1v) is 6.99. The zero-order chi connectivity index (χ0) is 13.1. The highest BCUT2D eigenvalue weighted by atomic mass is 79.9. The molecule has 2 nitrogen and oxygen atoms in total. The summed E-state index contributed by atoms with van der Waals surface area (Å²) < 4.78 is 1.66. The smallest absolute Gasteiger partial charge is 0.103 e. The first kappa shape index (κ1) is 13.4. The highest BCUT2D eigenvalue weighted by Crippen LogP contribution is 2.31. The van der Waals surface area contributed by atoms with Gasteiger partial charge >= 0.3 is 0 Å². The Morgan fingerprint density at radius 1 is 1.11 bits per heavy atom. The second kappa shape index (κ2) is 5.75. The van der Waals surface area contributed by atoms with Gasteiger partial charge in [-0.15, -0.1) is 0 Å². The van der Waals surface area contributed by atoms with Gasteiger partial charge in [0, 0.05) is 8.95 Å². The van der Waals surface area contributed by atoms with Crippen molar-refractivity contribution < 1.29 is 0 Å². The van der Waals surface area contributed by atoms with Crippen LogP contribution >= 0.6 is 43.5 Å². The molecule has 2 aromatic carbocycles. The number of hydrogen-bond acceptors (Lipinski definition) is 2. The van der Waals surface area contributed by atoms with Gasteiger partial charge in [-0.25, -0.2) is 0 Å².